The summed E-state index contributed by atoms with van der Waals surface area (Å²) in [4.78, 5) is 32.0. The van der Waals surface area contributed by atoms with Crippen molar-refractivity contribution in [2.75, 3.05) is 51.3 Å². The molecule has 2 aliphatic rings. The lowest BCUT2D eigenvalue weighted by molar-refractivity contribution is -0.133. The summed E-state index contributed by atoms with van der Waals surface area (Å²) >= 11 is 0. The quantitative estimate of drug-likeness (QED) is 0.624. The number of hydrogen-bond donors (Lipinski definition) is 0. The lowest BCUT2D eigenvalue weighted by atomic mass is 10.0. The summed E-state index contributed by atoms with van der Waals surface area (Å²) in [5.74, 6) is 1.06. The molecule has 0 aromatic heterocycles. The second-order valence-corrected chi connectivity index (χ2v) is 8.62. The maximum absolute atomic E-state index is 12.8. The average molecular weight is 436 g/mol. The summed E-state index contributed by atoms with van der Waals surface area (Å²) in [7, 11) is 1.72. The topological polar surface area (TPSA) is 53.1 Å². The van der Waals surface area contributed by atoms with Gasteiger partial charge in [0.15, 0.2) is 5.78 Å². The number of rotatable bonds is 7. The fraction of sp³-hybridized carbons (Fsp3) is 0.462. The molecule has 1 atom stereocenters. The van der Waals surface area contributed by atoms with E-state index in [0.717, 1.165) is 63.5 Å². The van der Waals surface area contributed by atoms with Gasteiger partial charge in [0, 0.05) is 63.7 Å². The van der Waals surface area contributed by atoms with E-state index in [2.05, 4.69) is 21.9 Å². The van der Waals surface area contributed by atoms with Gasteiger partial charge in [-0.2, -0.15) is 0 Å². The minimum atomic E-state index is 0.0416. The highest BCUT2D eigenvalue weighted by Gasteiger charge is 2.30. The van der Waals surface area contributed by atoms with Gasteiger partial charge in [0.1, 0.15) is 5.75 Å². The lowest BCUT2D eigenvalue weighted by Crippen LogP contribution is -2.55. The van der Waals surface area contributed by atoms with Crippen molar-refractivity contribution in [3.63, 3.8) is 0 Å². The van der Waals surface area contributed by atoms with E-state index < -0.39 is 0 Å². The van der Waals surface area contributed by atoms with Crippen molar-refractivity contribution in [2.45, 2.75) is 31.7 Å². The summed E-state index contributed by atoms with van der Waals surface area (Å²) in [5.41, 5.74) is 1.84. The summed E-state index contributed by atoms with van der Waals surface area (Å²) in [6, 6.07) is 17.8. The fourth-order valence-corrected chi connectivity index (χ4v) is 4.85. The van der Waals surface area contributed by atoms with E-state index in [1.54, 1.807) is 7.11 Å². The van der Waals surface area contributed by atoms with E-state index >= 15 is 0 Å². The van der Waals surface area contributed by atoms with Gasteiger partial charge < -0.3 is 14.5 Å². The molecule has 1 amide bonds. The summed E-state index contributed by atoms with van der Waals surface area (Å²) in [6.07, 6.45) is 2.72. The van der Waals surface area contributed by atoms with Crippen LogP contribution in [0.4, 0.5) is 5.69 Å². The van der Waals surface area contributed by atoms with E-state index in [1.807, 2.05) is 47.4 Å². The van der Waals surface area contributed by atoms with Gasteiger partial charge >= 0.3 is 0 Å². The van der Waals surface area contributed by atoms with E-state index in [-0.39, 0.29) is 18.1 Å². The van der Waals surface area contributed by atoms with Gasteiger partial charge in [-0.15, -0.1) is 0 Å². The van der Waals surface area contributed by atoms with Crippen LogP contribution in [0.25, 0.3) is 0 Å². The molecule has 2 saturated heterocycles. The number of nitrogens with zero attached hydrogens (tertiary/aromatic N) is 3. The van der Waals surface area contributed by atoms with Crippen LogP contribution in [0.5, 0.6) is 5.75 Å². The molecule has 0 aliphatic carbocycles. The number of carbonyl (C=O) groups is 2. The summed E-state index contributed by atoms with van der Waals surface area (Å²) in [5, 5.41) is 0. The first-order valence-corrected chi connectivity index (χ1v) is 11.6. The van der Waals surface area contributed by atoms with E-state index in [4.69, 9.17) is 4.74 Å². The predicted molar refractivity (Wildman–Crippen MR) is 126 cm³/mol. The molecule has 2 fully saturated rings. The number of anilines is 1. The van der Waals surface area contributed by atoms with E-state index in [0.29, 0.717) is 18.0 Å². The molecular weight excluding hydrogens is 402 g/mol. The van der Waals surface area contributed by atoms with Crippen molar-refractivity contribution in [1.82, 2.24) is 9.80 Å². The minimum Gasteiger partial charge on any atom is -0.495 e. The van der Waals surface area contributed by atoms with Crippen LogP contribution in [-0.4, -0.2) is 73.9 Å². The molecule has 0 saturated carbocycles. The van der Waals surface area contributed by atoms with Crippen molar-refractivity contribution in [3.8, 4) is 5.75 Å². The van der Waals surface area contributed by atoms with Crippen LogP contribution in [0.1, 0.15) is 36.0 Å². The van der Waals surface area contributed by atoms with Crippen LogP contribution in [0, 0.1) is 0 Å². The Morgan fingerprint density at radius 1 is 0.906 bits per heavy atom. The van der Waals surface area contributed by atoms with Gasteiger partial charge in [-0.25, -0.2) is 0 Å². The zero-order valence-electron chi connectivity index (χ0n) is 18.9. The summed E-state index contributed by atoms with van der Waals surface area (Å²) < 4.78 is 5.53. The Morgan fingerprint density at radius 3 is 2.38 bits per heavy atom. The second kappa shape index (κ2) is 10.6. The Labute approximate surface area is 190 Å². The molecule has 170 valence electrons. The highest BCUT2D eigenvalue weighted by molar-refractivity contribution is 5.97. The highest BCUT2D eigenvalue weighted by Crippen LogP contribution is 2.29. The highest BCUT2D eigenvalue weighted by atomic mass is 16.5. The molecule has 4 rings (SSSR count). The number of piperazine rings is 1. The average Bonchev–Trinajstić information content (AvgIpc) is 2.87. The maximum atomic E-state index is 12.8. The number of benzene rings is 2. The number of ether oxygens (including phenoxy) is 1. The normalized spacial score (nSPS) is 19.6. The van der Waals surface area contributed by atoms with Crippen LogP contribution in [0.15, 0.2) is 54.6 Å². The van der Waals surface area contributed by atoms with Crippen molar-refractivity contribution in [2.24, 2.45) is 0 Å². The van der Waals surface area contributed by atoms with Gasteiger partial charge in [-0.1, -0.05) is 42.5 Å². The van der Waals surface area contributed by atoms with Crippen LogP contribution in [-0.2, 0) is 4.79 Å². The van der Waals surface area contributed by atoms with Crippen LogP contribution < -0.4 is 9.64 Å². The molecule has 6 nitrogen and oxygen atoms in total. The van der Waals surface area contributed by atoms with Gasteiger partial charge in [0.25, 0.3) is 0 Å². The van der Waals surface area contributed by atoms with E-state index in [9.17, 15) is 9.59 Å². The molecule has 32 heavy (non-hydrogen) atoms. The Balaban J connectivity index is 1.27. The number of para-hydroxylation sites is 2. The van der Waals surface area contributed by atoms with Crippen LogP contribution in [0.3, 0.4) is 0 Å². The zero-order valence-corrected chi connectivity index (χ0v) is 18.9. The standard InChI is InChI=1S/C26H33N3O3/c1-32-25-12-6-5-11-23(25)28-18-16-27(17-19-28)22-10-7-15-29(20-22)26(31)14-13-24(30)21-8-3-2-4-9-21/h2-6,8-9,11-12,22H,7,10,13-20H2,1H3/t22-/m1/s1. The van der Waals surface area contributed by atoms with Gasteiger partial charge in [-0.3, -0.25) is 14.5 Å². The number of methoxy groups -OCH3 is 1. The van der Waals surface area contributed by atoms with Gasteiger partial charge in [0.05, 0.1) is 12.8 Å². The third kappa shape index (κ3) is 5.30. The summed E-state index contributed by atoms with van der Waals surface area (Å²) in [6.45, 7) is 5.45. The van der Waals surface area contributed by atoms with Gasteiger partial charge in [0.2, 0.25) is 5.91 Å². The molecule has 0 spiro atoms. The Hall–Kier alpha value is -2.86. The molecule has 0 bridgehead atoms. The number of carbonyl (C=O) groups excluding carboxylic acids is 2. The molecule has 0 N–H and O–H groups in total. The largest absolute Gasteiger partial charge is 0.495 e. The zero-order chi connectivity index (χ0) is 22.3. The number of amides is 1. The molecular formula is C26H33N3O3. The number of piperidine rings is 1. The number of likely N-dealkylation sites (tertiary alicyclic amines) is 1. The van der Waals surface area contributed by atoms with Crippen LogP contribution >= 0.6 is 0 Å². The third-order valence-electron chi connectivity index (χ3n) is 6.67. The van der Waals surface area contributed by atoms with Crippen molar-refractivity contribution >= 4 is 17.4 Å². The third-order valence-corrected chi connectivity index (χ3v) is 6.67. The monoisotopic (exact) mass is 435 g/mol. The number of ketones is 1. The predicted octanol–water partition coefficient (Wildman–Crippen LogP) is 3.47. The van der Waals surface area contributed by atoms with Crippen molar-refractivity contribution < 1.29 is 14.3 Å². The molecule has 2 heterocycles. The Kier molecular flexibility index (Phi) is 7.43. The Morgan fingerprint density at radius 2 is 1.62 bits per heavy atom. The second-order valence-electron chi connectivity index (χ2n) is 8.62. The molecule has 2 aromatic rings. The van der Waals surface area contributed by atoms with Gasteiger partial charge in [-0.05, 0) is 25.0 Å². The maximum Gasteiger partial charge on any atom is 0.223 e. The SMILES string of the molecule is COc1ccccc1N1CCN([C@@H]2CCCN(C(=O)CCC(=O)c3ccccc3)C2)CC1. The first kappa shape index (κ1) is 22.3. The first-order chi connectivity index (χ1) is 15.7. The molecule has 0 unspecified atom stereocenters. The fourth-order valence-electron chi connectivity index (χ4n) is 4.85. The van der Waals surface area contributed by atoms with Crippen molar-refractivity contribution in [1.29, 1.82) is 0 Å². The number of Topliss-reactive ketones (excluding diaryl/α,β-unsaturated/α-hetero) is 1. The van der Waals surface area contributed by atoms with E-state index in [1.165, 1.54) is 0 Å². The number of hydrogen-bond acceptors (Lipinski definition) is 5. The molecule has 0 radical (unpaired) electrons. The van der Waals surface area contributed by atoms with Crippen LogP contribution in [0.2, 0.25) is 0 Å². The smallest absolute Gasteiger partial charge is 0.223 e. The minimum absolute atomic E-state index is 0.0416. The first-order valence-electron chi connectivity index (χ1n) is 11.6. The van der Waals surface area contributed by atoms with Crippen molar-refractivity contribution in [3.05, 3.63) is 60.2 Å². The Bertz CT molecular complexity index is 910. The molecule has 2 aliphatic heterocycles. The molecule has 2 aromatic carbocycles. The lowest BCUT2D eigenvalue weighted by Gasteiger charge is -2.44. The molecule has 6 heteroatoms.